The van der Waals surface area contributed by atoms with Crippen LogP contribution in [-0.4, -0.2) is 14.8 Å². The molecule has 0 aliphatic heterocycles. The van der Waals surface area contributed by atoms with E-state index in [2.05, 4.69) is 4.18 Å². The first-order valence-electron chi connectivity index (χ1n) is 3.55. The second-order valence-corrected chi connectivity index (χ2v) is 4.05. The number of hydrogen-bond acceptors (Lipinski definition) is 4. The molecule has 70 valence electrons. The van der Waals surface area contributed by atoms with Gasteiger partial charge < -0.3 is 4.18 Å². The summed E-state index contributed by atoms with van der Waals surface area (Å²) < 4.78 is 26.5. The highest BCUT2D eigenvalue weighted by atomic mass is 32.2. The van der Waals surface area contributed by atoms with Crippen LogP contribution < -0.4 is 0 Å². The summed E-state index contributed by atoms with van der Waals surface area (Å²) in [6.45, 7) is 1.86. The molecule has 0 aliphatic rings. The van der Waals surface area contributed by atoms with Crippen molar-refractivity contribution in [2.75, 3.05) is 0 Å². The van der Waals surface area contributed by atoms with Crippen LogP contribution in [0.2, 0.25) is 0 Å². The van der Waals surface area contributed by atoms with Crippen molar-refractivity contribution in [1.82, 2.24) is 0 Å². The lowest BCUT2D eigenvalue weighted by Gasteiger charge is -2.01. The minimum Gasteiger partial charge on any atom is -0.367 e. The average Bonchev–Trinajstić information content (AvgIpc) is 2.05. The van der Waals surface area contributed by atoms with Gasteiger partial charge in [-0.15, -0.1) is 0 Å². The number of hydrogen-bond donors (Lipinski definition) is 1. The third-order valence-electron chi connectivity index (χ3n) is 1.48. The van der Waals surface area contributed by atoms with Crippen molar-refractivity contribution in [1.29, 1.82) is 5.41 Å². The van der Waals surface area contributed by atoms with Crippen LogP contribution in [0, 0.1) is 12.3 Å². The molecule has 1 rings (SSSR count). The predicted molar refractivity (Wildman–Crippen MR) is 48.2 cm³/mol. The van der Waals surface area contributed by atoms with Crippen molar-refractivity contribution in [3.63, 3.8) is 0 Å². The summed E-state index contributed by atoms with van der Waals surface area (Å²) >= 11 is 0. The summed E-state index contributed by atoms with van der Waals surface area (Å²) in [5, 5.41) is 6.52. The molecule has 0 aliphatic carbocycles. The van der Waals surface area contributed by atoms with Gasteiger partial charge in [0.2, 0.25) is 0 Å². The van der Waals surface area contributed by atoms with Crippen LogP contribution in [-0.2, 0) is 14.3 Å². The van der Waals surface area contributed by atoms with E-state index in [0.29, 0.717) is 6.40 Å². The van der Waals surface area contributed by atoms with Crippen molar-refractivity contribution in [2.45, 2.75) is 11.8 Å². The fraction of sp³-hybridized carbons (Fsp3) is 0.125. The first-order chi connectivity index (χ1) is 6.06. The van der Waals surface area contributed by atoms with E-state index in [0.717, 1.165) is 5.56 Å². The van der Waals surface area contributed by atoms with E-state index in [-0.39, 0.29) is 4.90 Å². The lowest BCUT2D eigenvalue weighted by Crippen LogP contribution is -2.04. The molecule has 1 aromatic rings. The van der Waals surface area contributed by atoms with E-state index in [1.54, 1.807) is 12.1 Å². The van der Waals surface area contributed by atoms with Gasteiger partial charge in [0.25, 0.3) is 0 Å². The summed E-state index contributed by atoms with van der Waals surface area (Å²) in [6, 6.07) is 6.21. The molecule has 5 heteroatoms. The molecule has 13 heavy (non-hydrogen) atoms. The van der Waals surface area contributed by atoms with Gasteiger partial charge in [-0.25, -0.2) is 0 Å². The molecule has 0 radical (unpaired) electrons. The Balaban J connectivity index is 3.08. The Morgan fingerprint density at radius 2 is 1.85 bits per heavy atom. The highest BCUT2D eigenvalue weighted by molar-refractivity contribution is 7.87. The molecular formula is C8H9NO3S. The fourth-order valence-electron chi connectivity index (χ4n) is 0.824. The van der Waals surface area contributed by atoms with E-state index in [4.69, 9.17) is 5.41 Å². The zero-order valence-electron chi connectivity index (χ0n) is 7.02. The molecule has 0 amide bonds. The molecule has 0 aromatic heterocycles. The van der Waals surface area contributed by atoms with Gasteiger partial charge in [0.15, 0.2) is 6.40 Å². The molecule has 0 unspecified atom stereocenters. The first-order valence-corrected chi connectivity index (χ1v) is 4.96. The zero-order valence-corrected chi connectivity index (χ0v) is 7.84. The topological polar surface area (TPSA) is 67.2 Å². The summed E-state index contributed by atoms with van der Waals surface area (Å²) in [5.41, 5.74) is 0.966. The molecular weight excluding hydrogens is 190 g/mol. The Kier molecular flexibility index (Phi) is 2.67. The minimum absolute atomic E-state index is 0.0570. The van der Waals surface area contributed by atoms with Crippen molar-refractivity contribution in [2.24, 2.45) is 0 Å². The van der Waals surface area contributed by atoms with Crippen LogP contribution in [0.4, 0.5) is 0 Å². The van der Waals surface area contributed by atoms with Crippen LogP contribution in [0.5, 0.6) is 0 Å². The Labute approximate surface area is 76.8 Å². The van der Waals surface area contributed by atoms with Gasteiger partial charge in [0.05, 0.1) is 0 Å². The van der Waals surface area contributed by atoms with E-state index < -0.39 is 10.1 Å². The predicted octanol–water partition coefficient (Wildman–Crippen LogP) is 1.31. The van der Waals surface area contributed by atoms with Gasteiger partial charge in [-0.3, -0.25) is 5.41 Å². The smallest absolute Gasteiger partial charge is 0.340 e. The molecule has 0 heterocycles. The lowest BCUT2D eigenvalue weighted by molar-refractivity contribution is 0.490. The highest BCUT2D eigenvalue weighted by Crippen LogP contribution is 2.11. The largest absolute Gasteiger partial charge is 0.367 e. The van der Waals surface area contributed by atoms with E-state index in [1.807, 2.05) is 6.92 Å². The molecule has 0 saturated heterocycles. The average molecular weight is 199 g/mol. The quantitative estimate of drug-likeness (QED) is 0.453. The standard InChI is InChI=1S/C8H9NO3S/c1-7-2-4-8(5-3-7)13(10,11)12-6-9/h2-6,9H,1H3. The summed E-state index contributed by atoms with van der Waals surface area (Å²) in [5.74, 6) is 0. The lowest BCUT2D eigenvalue weighted by atomic mass is 10.2. The fourth-order valence-corrected chi connectivity index (χ4v) is 1.53. The second kappa shape index (κ2) is 3.57. The number of nitrogens with one attached hydrogen (secondary N) is 1. The van der Waals surface area contributed by atoms with Crippen molar-refractivity contribution in [3.8, 4) is 0 Å². The van der Waals surface area contributed by atoms with Crippen molar-refractivity contribution < 1.29 is 12.6 Å². The minimum atomic E-state index is -3.77. The van der Waals surface area contributed by atoms with Crippen molar-refractivity contribution in [3.05, 3.63) is 29.8 Å². The Hall–Kier alpha value is -1.36. The first kappa shape index (κ1) is 9.73. The van der Waals surface area contributed by atoms with E-state index in [9.17, 15) is 8.42 Å². The van der Waals surface area contributed by atoms with Crippen LogP contribution in [0.15, 0.2) is 29.2 Å². The number of benzene rings is 1. The van der Waals surface area contributed by atoms with Gasteiger partial charge in [-0.2, -0.15) is 8.42 Å². The maximum atomic E-state index is 11.2. The van der Waals surface area contributed by atoms with Crippen LogP contribution in [0.25, 0.3) is 0 Å². The van der Waals surface area contributed by atoms with Gasteiger partial charge in [0.1, 0.15) is 4.90 Å². The maximum Gasteiger partial charge on any atom is 0.340 e. The van der Waals surface area contributed by atoms with Crippen LogP contribution in [0.3, 0.4) is 0 Å². The van der Waals surface area contributed by atoms with E-state index >= 15 is 0 Å². The monoisotopic (exact) mass is 199 g/mol. The summed E-state index contributed by atoms with van der Waals surface area (Å²) in [7, 11) is -3.77. The van der Waals surface area contributed by atoms with Gasteiger partial charge >= 0.3 is 10.1 Å². The Morgan fingerprint density at radius 3 is 2.31 bits per heavy atom. The normalized spacial score (nSPS) is 10.8. The Bertz CT molecular complexity index is 394. The summed E-state index contributed by atoms with van der Waals surface area (Å²) in [4.78, 5) is 0.0570. The molecule has 1 N–H and O–H groups in total. The maximum absolute atomic E-state index is 11.2. The van der Waals surface area contributed by atoms with Gasteiger partial charge in [-0.1, -0.05) is 17.7 Å². The highest BCUT2D eigenvalue weighted by Gasteiger charge is 2.12. The molecule has 0 spiro atoms. The van der Waals surface area contributed by atoms with Crippen LogP contribution >= 0.6 is 0 Å². The second-order valence-electron chi connectivity index (χ2n) is 2.48. The van der Waals surface area contributed by atoms with Crippen molar-refractivity contribution >= 4 is 16.5 Å². The van der Waals surface area contributed by atoms with E-state index in [1.165, 1.54) is 12.1 Å². The third kappa shape index (κ3) is 2.29. The van der Waals surface area contributed by atoms with Crippen LogP contribution in [0.1, 0.15) is 5.56 Å². The zero-order chi connectivity index (χ0) is 9.90. The molecule has 1 aromatic carbocycles. The SMILES string of the molecule is Cc1ccc(S(=O)(=O)OC=N)cc1. The summed E-state index contributed by atoms with van der Waals surface area (Å²) in [6.07, 6.45) is 0.398. The molecule has 0 bridgehead atoms. The Morgan fingerprint density at radius 1 is 1.31 bits per heavy atom. The van der Waals surface area contributed by atoms with Gasteiger partial charge in [-0.05, 0) is 19.1 Å². The number of aryl methyl sites for hydroxylation is 1. The molecule has 0 atom stereocenters. The molecule has 0 saturated carbocycles. The van der Waals surface area contributed by atoms with Gasteiger partial charge in [0, 0.05) is 0 Å². The molecule has 4 nitrogen and oxygen atoms in total. The third-order valence-corrected chi connectivity index (χ3v) is 2.68. The number of rotatable bonds is 3. The molecule has 0 fully saturated rings.